The van der Waals surface area contributed by atoms with Crippen LogP contribution in [0, 0.1) is 0 Å². The molecule has 0 aromatic heterocycles. The maximum Gasteiger partial charge on any atom is 0.131 e. The highest BCUT2D eigenvalue weighted by Gasteiger charge is 2.11. The average Bonchev–Trinajstić information content (AvgIpc) is 2.89. The number of hydrogen-bond acceptors (Lipinski definition) is 4. The summed E-state index contributed by atoms with van der Waals surface area (Å²) in [7, 11) is 12.4. The molecule has 0 bridgehead atoms. The van der Waals surface area contributed by atoms with Crippen LogP contribution in [0.25, 0.3) is 17.3 Å². The summed E-state index contributed by atoms with van der Waals surface area (Å²) in [5, 5.41) is 0. The number of aliphatic imine (C=N–C) groups is 1. The maximum absolute atomic E-state index is 6.57. The van der Waals surface area contributed by atoms with Crippen molar-refractivity contribution < 1.29 is 1.43 Å². The van der Waals surface area contributed by atoms with Gasteiger partial charge in [-0.15, -0.1) is 0 Å². The Morgan fingerprint density at radius 2 is 1.22 bits per heavy atom. The fourth-order valence-corrected chi connectivity index (χ4v) is 3.93. The molecule has 0 saturated carbocycles. The first-order chi connectivity index (χ1) is 17.7. The van der Waals surface area contributed by atoms with Crippen LogP contribution in [0.1, 0.15) is 37.0 Å². The van der Waals surface area contributed by atoms with E-state index in [1.807, 2.05) is 40.3 Å². The Kier molecular flexibility index (Phi) is 9.70. The zero-order chi connectivity index (χ0) is 26.9. The third-order valence-electron chi connectivity index (χ3n) is 6.32. The molecule has 3 rings (SSSR count). The van der Waals surface area contributed by atoms with Crippen molar-refractivity contribution in [1.82, 2.24) is 4.90 Å². The van der Waals surface area contributed by atoms with E-state index >= 15 is 0 Å². The number of benzene rings is 3. The zero-order valence-corrected chi connectivity index (χ0v) is 23.4. The lowest BCUT2D eigenvalue weighted by molar-refractivity contribution is 0.417. The Balaban J connectivity index is 0.00000507. The van der Waals surface area contributed by atoms with Gasteiger partial charge in [-0.1, -0.05) is 60.7 Å². The number of allylic oxidation sites excluding steroid dienone is 1. The highest BCUT2D eigenvalue weighted by atomic mass is 15.1. The third-order valence-corrected chi connectivity index (χ3v) is 6.32. The normalized spacial score (nSPS) is 12.7. The molecule has 0 aliphatic rings. The van der Waals surface area contributed by atoms with E-state index < -0.39 is 0 Å². The van der Waals surface area contributed by atoms with Gasteiger partial charge in [0.25, 0.3) is 0 Å². The molecular formula is C32H43N5. The predicted molar refractivity (Wildman–Crippen MR) is 166 cm³/mol. The first-order valence-electron chi connectivity index (χ1n) is 12.7. The predicted octanol–water partition coefficient (Wildman–Crippen LogP) is 6.32. The van der Waals surface area contributed by atoms with Crippen LogP contribution in [0.2, 0.25) is 0 Å². The van der Waals surface area contributed by atoms with Gasteiger partial charge >= 0.3 is 0 Å². The van der Waals surface area contributed by atoms with Crippen LogP contribution in [-0.2, 0) is 0 Å². The molecule has 0 aliphatic carbocycles. The maximum atomic E-state index is 6.57. The summed E-state index contributed by atoms with van der Waals surface area (Å²) in [6.07, 6.45) is 5.38. The van der Waals surface area contributed by atoms with E-state index in [9.17, 15) is 0 Å². The molecule has 0 amide bonds. The van der Waals surface area contributed by atoms with Gasteiger partial charge in [0.1, 0.15) is 5.84 Å². The lowest BCUT2D eigenvalue weighted by Crippen LogP contribution is -2.13. The fourth-order valence-electron chi connectivity index (χ4n) is 3.93. The van der Waals surface area contributed by atoms with Gasteiger partial charge in [-0.25, -0.2) is 4.99 Å². The molecule has 0 fully saturated rings. The molecule has 0 unspecified atom stereocenters. The minimum Gasteiger partial charge on any atom is -0.383 e. The van der Waals surface area contributed by atoms with Crippen molar-refractivity contribution >= 4 is 34.6 Å². The van der Waals surface area contributed by atoms with E-state index in [1.54, 1.807) is 0 Å². The van der Waals surface area contributed by atoms with Crippen molar-refractivity contribution in [2.45, 2.75) is 13.3 Å². The van der Waals surface area contributed by atoms with Crippen molar-refractivity contribution in [3.05, 3.63) is 101 Å². The van der Waals surface area contributed by atoms with Crippen LogP contribution < -0.4 is 15.5 Å². The summed E-state index contributed by atoms with van der Waals surface area (Å²) in [6, 6.07) is 25.2. The number of hydrogen-bond donors (Lipinski definition) is 1. The van der Waals surface area contributed by atoms with Gasteiger partial charge in [-0.3, -0.25) is 0 Å². The van der Waals surface area contributed by atoms with E-state index in [-0.39, 0.29) is 1.43 Å². The number of nitrogens with zero attached hydrogens (tertiary/aromatic N) is 4. The van der Waals surface area contributed by atoms with Crippen LogP contribution >= 0.6 is 0 Å². The second kappa shape index (κ2) is 12.9. The van der Waals surface area contributed by atoms with Crippen molar-refractivity contribution in [2.24, 2.45) is 10.7 Å². The number of amidine groups is 1. The van der Waals surface area contributed by atoms with Crippen molar-refractivity contribution in [2.75, 3.05) is 58.6 Å². The standard InChI is InChI=1S/C32H41N5.H2/c1-24(26-15-19-29(20-16-26)36(4)5)31(27-17-21-30(22-18-27)37(6)7)34-32(33)28-13-11-25(12-14-28)10-8-9-23-35(2)3;/h8,10-22H,9,23H2,1-7H3,(H2,33,34);1H/b10-8?,31-24+;. The second-order valence-electron chi connectivity index (χ2n) is 9.97. The lowest BCUT2D eigenvalue weighted by atomic mass is 10.00. The summed E-state index contributed by atoms with van der Waals surface area (Å²) in [6.45, 7) is 3.15. The van der Waals surface area contributed by atoms with Crippen molar-refractivity contribution in [1.29, 1.82) is 0 Å². The molecule has 196 valence electrons. The molecule has 0 spiro atoms. The number of rotatable bonds is 10. The third kappa shape index (κ3) is 7.83. The molecular weight excluding hydrogens is 454 g/mol. The summed E-state index contributed by atoms with van der Waals surface area (Å²) in [4.78, 5) is 11.3. The molecule has 37 heavy (non-hydrogen) atoms. The van der Waals surface area contributed by atoms with Gasteiger partial charge < -0.3 is 20.4 Å². The Hall–Kier alpha value is -3.83. The van der Waals surface area contributed by atoms with Gasteiger partial charge in [0.05, 0.1) is 5.70 Å². The lowest BCUT2D eigenvalue weighted by Gasteiger charge is -2.16. The molecule has 2 N–H and O–H groups in total. The quantitative estimate of drug-likeness (QED) is 0.202. The number of nitrogens with two attached hydrogens (primary N) is 1. The molecule has 0 heterocycles. The van der Waals surface area contributed by atoms with Crippen molar-refractivity contribution in [3.8, 4) is 0 Å². The van der Waals surface area contributed by atoms with Crippen LogP contribution in [-0.4, -0.2) is 59.6 Å². The van der Waals surface area contributed by atoms with Gasteiger partial charge in [-0.2, -0.15) is 0 Å². The van der Waals surface area contributed by atoms with Crippen LogP contribution in [0.5, 0.6) is 0 Å². The molecule has 0 saturated heterocycles. The van der Waals surface area contributed by atoms with Crippen LogP contribution in [0.15, 0.2) is 83.9 Å². The zero-order valence-electron chi connectivity index (χ0n) is 23.4. The van der Waals surface area contributed by atoms with Gasteiger partial charge in [0.15, 0.2) is 0 Å². The van der Waals surface area contributed by atoms with Crippen LogP contribution in [0.3, 0.4) is 0 Å². The molecule has 3 aromatic rings. The summed E-state index contributed by atoms with van der Waals surface area (Å²) >= 11 is 0. The molecule has 5 nitrogen and oxygen atoms in total. The topological polar surface area (TPSA) is 48.1 Å². The first-order valence-corrected chi connectivity index (χ1v) is 12.7. The van der Waals surface area contributed by atoms with Gasteiger partial charge in [-0.05, 0) is 68.4 Å². The highest BCUT2D eigenvalue weighted by molar-refractivity contribution is 6.03. The monoisotopic (exact) mass is 497 g/mol. The SMILES string of the molecule is C/C(=C(\N=C(N)c1ccc(C=CCCN(C)C)cc1)c1ccc(N(C)C)cc1)c1ccc(N(C)C)cc1.[HH]. The smallest absolute Gasteiger partial charge is 0.131 e. The van der Waals surface area contributed by atoms with E-state index in [0.717, 1.165) is 57.9 Å². The summed E-state index contributed by atoms with van der Waals surface area (Å²) < 4.78 is 0. The van der Waals surface area contributed by atoms with E-state index in [4.69, 9.17) is 10.7 Å². The first kappa shape index (κ1) is 27.8. The largest absolute Gasteiger partial charge is 0.383 e. The molecule has 3 aromatic carbocycles. The van der Waals surface area contributed by atoms with Crippen LogP contribution in [0.4, 0.5) is 11.4 Å². The Morgan fingerprint density at radius 3 is 1.70 bits per heavy atom. The Labute approximate surface area is 224 Å². The molecule has 0 aliphatic heterocycles. The minimum atomic E-state index is 0. The average molecular weight is 498 g/mol. The fraction of sp³-hybridized carbons (Fsp3) is 0.281. The Bertz CT molecular complexity index is 1240. The highest BCUT2D eigenvalue weighted by Crippen LogP contribution is 2.30. The molecule has 5 heteroatoms. The molecule has 0 radical (unpaired) electrons. The Morgan fingerprint density at radius 1 is 0.730 bits per heavy atom. The summed E-state index contributed by atoms with van der Waals surface area (Å²) in [5.41, 5.74) is 15.0. The van der Waals surface area contributed by atoms with Gasteiger partial charge in [0, 0.05) is 58.7 Å². The van der Waals surface area contributed by atoms with E-state index in [0.29, 0.717) is 5.84 Å². The second-order valence-corrected chi connectivity index (χ2v) is 9.97. The van der Waals surface area contributed by atoms with E-state index in [2.05, 4.69) is 109 Å². The van der Waals surface area contributed by atoms with Gasteiger partial charge in [0.2, 0.25) is 0 Å². The number of anilines is 2. The van der Waals surface area contributed by atoms with Crippen molar-refractivity contribution in [3.63, 3.8) is 0 Å². The molecule has 0 atom stereocenters. The summed E-state index contributed by atoms with van der Waals surface area (Å²) in [5.74, 6) is 0.499. The minimum absolute atomic E-state index is 0. The van der Waals surface area contributed by atoms with E-state index in [1.165, 1.54) is 0 Å².